The largest absolute Gasteiger partial charge is 0.451 e. The molecule has 10 heteroatoms. The molecule has 0 saturated carbocycles. The molecule has 3 aromatic rings. The Morgan fingerprint density at radius 3 is 2.80 bits per heavy atom. The smallest absolute Gasteiger partial charge is 0.234 e. The van der Waals surface area contributed by atoms with E-state index in [1.807, 2.05) is 43.6 Å². The quantitative estimate of drug-likeness (QED) is 0.682. The number of anilines is 3. The zero-order valence-electron chi connectivity index (χ0n) is 16.6. The molecule has 10 nitrogen and oxygen atoms in total. The number of fused-ring (bicyclic) bond motifs is 1. The van der Waals surface area contributed by atoms with E-state index in [9.17, 15) is 0 Å². The van der Waals surface area contributed by atoms with Crippen LogP contribution in [0.5, 0.6) is 5.88 Å². The normalized spacial score (nSPS) is 18.8. The molecule has 0 radical (unpaired) electrons. The first-order valence-corrected chi connectivity index (χ1v) is 9.87. The van der Waals surface area contributed by atoms with E-state index in [0.29, 0.717) is 37.4 Å². The molecule has 2 aromatic heterocycles. The summed E-state index contributed by atoms with van der Waals surface area (Å²) in [7, 11) is 1.88. The minimum atomic E-state index is -0.192. The number of nitrogens with one attached hydrogen (secondary N) is 1. The SMILES string of the molecule is CN1N=CCC1Oc1cc(N2CCOCC2)nc(Nc2ncc3ccccc3n2)n1. The Bertz CT molecular complexity index is 1070. The molecule has 2 aliphatic rings. The van der Waals surface area contributed by atoms with Gasteiger partial charge in [0.2, 0.25) is 17.8 Å². The summed E-state index contributed by atoms with van der Waals surface area (Å²) in [5, 5.41) is 10.1. The Labute approximate surface area is 173 Å². The highest BCUT2D eigenvalue weighted by atomic mass is 16.5. The molecule has 1 aromatic carbocycles. The minimum Gasteiger partial charge on any atom is -0.451 e. The van der Waals surface area contributed by atoms with Crippen LogP contribution in [0.3, 0.4) is 0 Å². The summed E-state index contributed by atoms with van der Waals surface area (Å²) >= 11 is 0. The van der Waals surface area contributed by atoms with Gasteiger partial charge in [-0.2, -0.15) is 15.1 Å². The minimum absolute atomic E-state index is 0.192. The topological polar surface area (TPSA) is 101 Å². The first-order chi connectivity index (χ1) is 14.7. The van der Waals surface area contributed by atoms with E-state index in [0.717, 1.165) is 29.8 Å². The van der Waals surface area contributed by atoms with Gasteiger partial charge in [0, 0.05) is 50.4 Å². The molecule has 5 rings (SSSR count). The molecule has 1 fully saturated rings. The molecular formula is C20H22N8O2. The molecule has 0 aliphatic carbocycles. The summed E-state index contributed by atoms with van der Waals surface area (Å²) in [6, 6.07) is 9.67. The van der Waals surface area contributed by atoms with Gasteiger partial charge in [-0.3, -0.25) is 10.3 Å². The highest BCUT2D eigenvalue weighted by molar-refractivity contribution is 5.78. The van der Waals surface area contributed by atoms with Gasteiger partial charge in [0.15, 0.2) is 6.23 Å². The third-order valence-corrected chi connectivity index (χ3v) is 4.98. The lowest BCUT2D eigenvalue weighted by Gasteiger charge is -2.28. The van der Waals surface area contributed by atoms with Crippen molar-refractivity contribution in [3.05, 3.63) is 36.5 Å². The van der Waals surface area contributed by atoms with Gasteiger partial charge < -0.3 is 14.4 Å². The summed E-state index contributed by atoms with van der Waals surface area (Å²) in [6.45, 7) is 2.84. The molecule has 154 valence electrons. The number of aromatic nitrogens is 4. The van der Waals surface area contributed by atoms with Gasteiger partial charge in [0.1, 0.15) is 5.82 Å². The van der Waals surface area contributed by atoms with Crippen LogP contribution in [0, 0.1) is 0 Å². The lowest BCUT2D eigenvalue weighted by Crippen LogP contribution is -2.37. The fraction of sp³-hybridized carbons (Fsp3) is 0.350. The molecule has 2 aliphatic heterocycles. The molecule has 0 amide bonds. The van der Waals surface area contributed by atoms with Crippen molar-refractivity contribution < 1.29 is 9.47 Å². The van der Waals surface area contributed by atoms with Crippen LogP contribution in [0.2, 0.25) is 0 Å². The number of para-hydroxylation sites is 1. The van der Waals surface area contributed by atoms with Gasteiger partial charge >= 0.3 is 0 Å². The van der Waals surface area contributed by atoms with Crippen LogP contribution in [-0.4, -0.2) is 70.7 Å². The van der Waals surface area contributed by atoms with E-state index in [1.54, 1.807) is 11.2 Å². The number of hydrazone groups is 1. The number of ether oxygens (including phenoxy) is 2. The summed E-state index contributed by atoms with van der Waals surface area (Å²) in [5.74, 6) is 2.05. The van der Waals surface area contributed by atoms with Crippen molar-refractivity contribution in [3.63, 3.8) is 0 Å². The van der Waals surface area contributed by atoms with Crippen molar-refractivity contribution in [1.29, 1.82) is 0 Å². The fourth-order valence-electron chi connectivity index (χ4n) is 3.37. The second kappa shape index (κ2) is 8.07. The Morgan fingerprint density at radius 2 is 1.97 bits per heavy atom. The second-order valence-electron chi connectivity index (χ2n) is 7.04. The summed E-state index contributed by atoms with van der Waals surface area (Å²) < 4.78 is 11.5. The van der Waals surface area contributed by atoms with E-state index < -0.39 is 0 Å². The molecule has 30 heavy (non-hydrogen) atoms. The first-order valence-electron chi connectivity index (χ1n) is 9.87. The van der Waals surface area contributed by atoms with Crippen LogP contribution in [0.4, 0.5) is 17.7 Å². The number of rotatable bonds is 5. The van der Waals surface area contributed by atoms with Gasteiger partial charge in [-0.25, -0.2) is 9.97 Å². The fourth-order valence-corrected chi connectivity index (χ4v) is 3.37. The Balaban J connectivity index is 1.44. The van der Waals surface area contributed by atoms with Crippen LogP contribution in [0.1, 0.15) is 6.42 Å². The molecule has 0 bridgehead atoms. The second-order valence-corrected chi connectivity index (χ2v) is 7.04. The Hall–Kier alpha value is -3.53. The molecule has 1 atom stereocenters. The maximum absolute atomic E-state index is 6.08. The van der Waals surface area contributed by atoms with Crippen molar-refractivity contribution in [2.45, 2.75) is 12.6 Å². The predicted molar refractivity (Wildman–Crippen MR) is 113 cm³/mol. The van der Waals surface area contributed by atoms with Crippen molar-refractivity contribution >= 4 is 34.8 Å². The Kier molecular flexibility index (Phi) is 4.98. The van der Waals surface area contributed by atoms with Gasteiger partial charge in [-0.15, -0.1) is 0 Å². The number of morpholine rings is 1. The summed E-state index contributed by atoms with van der Waals surface area (Å²) in [5.41, 5.74) is 0.848. The highest BCUT2D eigenvalue weighted by Crippen LogP contribution is 2.25. The van der Waals surface area contributed by atoms with Gasteiger partial charge in [0.25, 0.3) is 0 Å². The Morgan fingerprint density at radius 1 is 1.10 bits per heavy atom. The van der Waals surface area contributed by atoms with Crippen molar-refractivity contribution in [2.75, 3.05) is 43.6 Å². The number of benzene rings is 1. The third kappa shape index (κ3) is 3.94. The van der Waals surface area contributed by atoms with Crippen LogP contribution < -0.4 is 15.0 Å². The van der Waals surface area contributed by atoms with Crippen molar-refractivity contribution in [3.8, 4) is 5.88 Å². The molecule has 0 spiro atoms. The van der Waals surface area contributed by atoms with Crippen LogP contribution >= 0.6 is 0 Å². The third-order valence-electron chi connectivity index (χ3n) is 4.98. The summed E-state index contributed by atoms with van der Waals surface area (Å²) in [4.78, 5) is 20.3. The van der Waals surface area contributed by atoms with Gasteiger partial charge in [-0.1, -0.05) is 18.2 Å². The summed E-state index contributed by atoms with van der Waals surface area (Å²) in [6.07, 6.45) is 4.11. The molecule has 4 heterocycles. The first kappa shape index (κ1) is 18.5. The maximum atomic E-state index is 6.08. The van der Waals surface area contributed by atoms with E-state index in [-0.39, 0.29) is 6.23 Å². The number of nitrogens with zero attached hydrogens (tertiary/aromatic N) is 7. The number of hydrogen-bond donors (Lipinski definition) is 1. The zero-order valence-corrected chi connectivity index (χ0v) is 16.6. The van der Waals surface area contributed by atoms with Gasteiger partial charge in [0.05, 0.1) is 18.7 Å². The average Bonchev–Trinajstić information content (AvgIpc) is 3.18. The lowest BCUT2D eigenvalue weighted by atomic mass is 10.2. The van der Waals surface area contributed by atoms with E-state index in [1.165, 1.54) is 0 Å². The molecular weight excluding hydrogens is 384 g/mol. The zero-order chi connectivity index (χ0) is 20.3. The van der Waals surface area contributed by atoms with Crippen molar-refractivity contribution in [2.24, 2.45) is 5.10 Å². The van der Waals surface area contributed by atoms with E-state index in [4.69, 9.17) is 9.47 Å². The molecule has 1 saturated heterocycles. The van der Waals surface area contributed by atoms with Crippen LogP contribution in [0.25, 0.3) is 10.9 Å². The van der Waals surface area contributed by atoms with E-state index >= 15 is 0 Å². The van der Waals surface area contributed by atoms with Gasteiger partial charge in [-0.05, 0) is 6.07 Å². The molecule has 1 unspecified atom stereocenters. The van der Waals surface area contributed by atoms with Crippen LogP contribution in [-0.2, 0) is 4.74 Å². The van der Waals surface area contributed by atoms with Crippen LogP contribution in [0.15, 0.2) is 41.6 Å². The predicted octanol–water partition coefficient (Wildman–Crippen LogP) is 2.03. The molecule has 1 N–H and O–H groups in total. The average molecular weight is 406 g/mol. The maximum Gasteiger partial charge on any atom is 0.234 e. The van der Waals surface area contributed by atoms with Crippen molar-refractivity contribution in [1.82, 2.24) is 24.9 Å². The lowest BCUT2D eigenvalue weighted by molar-refractivity contribution is 0.0640. The number of hydrogen-bond acceptors (Lipinski definition) is 10. The monoisotopic (exact) mass is 406 g/mol. The highest BCUT2D eigenvalue weighted by Gasteiger charge is 2.22. The van der Waals surface area contributed by atoms with E-state index in [2.05, 4.69) is 35.3 Å². The standard InChI is InChI=1S/C20H22N8O2/c1-27-18(6-7-22-27)30-17-12-16(28-8-10-29-11-9-28)24-20(25-17)26-19-21-13-14-4-2-3-5-15(14)23-19/h2-5,7,12-13,18H,6,8-11H2,1H3,(H,21,23,24,25,26).